The number of hydrogen-bond acceptors (Lipinski definition) is 6. The summed E-state index contributed by atoms with van der Waals surface area (Å²) in [5, 5.41) is 3.72. The Morgan fingerprint density at radius 3 is 2.21 bits per heavy atom. The first-order valence-corrected chi connectivity index (χ1v) is 11.8. The topological polar surface area (TPSA) is 66.4 Å². The molecule has 0 aromatic heterocycles. The molecule has 2 heterocycles. The summed E-state index contributed by atoms with van der Waals surface area (Å²) in [6.45, 7) is 7.65. The second-order valence-corrected chi connectivity index (χ2v) is 11.2. The van der Waals surface area contributed by atoms with Crippen molar-refractivity contribution in [1.82, 2.24) is 0 Å². The van der Waals surface area contributed by atoms with E-state index in [9.17, 15) is 4.91 Å². The summed E-state index contributed by atoms with van der Waals surface area (Å²) in [6, 6.07) is -0.129. The number of rotatable bonds is 1. The Kier molecular flexibility index (Phi) is 4.12. The van der Waals surface area contributed by atoms with Gasteiger partial charge in [0.25, 0.3) is 0 Å². The summed E-state index contributed by atoms with van der Waals surface area (Å²) in [5.74, 6) is 1.20. The smallest absolute Gasteiger partial charge is 0.174 e. The molecular formula is C23H35NO5. The van der Waals surface area contributed by atoms with E-state index in [0.29, 0.717) is 31.0 Å². The minimum Gasteiger partial charge on any atom is -0.348 e. The normalized spacial score (nSPS) is 52.3. The lowest BCUT2D eigenvalue weighted by atomic mass is 9.43. The van der Waals surface area contributed by atoms with Crippen molar-refractivity contribution >= 4 is 0 Å². The second kappa shape index (κ2) is 6.24. The zero-order chi connectivity index (χ0) is 19.9. The molecule has 29 heavy (non-hydrogen) atoms. The van der Waals surface area contributed by atoms with E-state index >= 15 is 0 Å². The van der Waals surface area contributed by atoms with Gasteiger partial charge in [-0.25, -0.2) is 0 Å². The fraction of sp³-hybridized carbons (Fsp3) is 1.00. The van der Waals surface area contributed by atoms with Crippen LogP contribution in [-0.2, 0) is 18.9 Å². The number of ether oxygens (including phenoxy) is 4. The van der Waals surface area contributed by atoms with Gasteiger partial charge in [0.05, 0.1) is 32.5 Å². The van der Waals surface area contributed by atoms with Gasteiger partial charge in [-0.3, -0.25) is 0 Å². The molecule has 2 spiro atoms. The molecule has 2 unspecified atom stereocenters. The molecule has 0 aromatic rings. The summed E-state index contributed by atoms with van der Waals surface area (Å²) in [5.41, 5.74) is 0.214. The molecule has 6 heteroatoms. The molecule has 7 atom stereocenters. The molecular weight excluding hydrogens is 370 g/mol. The molecule has 0 aromatic carbocycles. The minimum atomic E-state index is -0.452. The summed E-state index contributed by atoms with van der Waals surface area (Å²) < 4.78 is 24.6. The van der Waals surface area contributed by atoms with E-state index in [0.717, 1.165) is 51.7 Å². The molecule has 6 nitrogen and oxygen atoms in total. The van der Waals surface area contributed by atoms with Crippen molar-refractivity contribution in [3.8, 4) is 0 Å². The third kappa shape index (κ3) is 2.38. The van der Waals surface area contributed by atoms with Crippen LogP contribution in [0.5, 0.6) is 0 Å². The first kappa shape index (κ1) is 19.1. The molecule has 6 fully saturated rings. The van der Waals surface area contributed by atoms with Gasteiger partial charge in [-0.05, 0) is 61.2 Å². The zero-order valence-electron chi connectivity index (χ0n) is 17.9. The van der Waals surface area contributed by atoms with Gasteiger partial charge in [0.15, 0.2) is 11.6 Å². The van der Waals surface area contributed by atoms with Gasteiger partial charge in [0.2, 0.25) is 0 Å². The molecule has 2 aliphatic heterocycles. The van der Waals surface area contributed by atoms with Gasteiger partial charge in [0, 0.05) is 24.7 Å². The highest BCUT2D eigenvalue weighted by molar-refractivity contribution is 5.15. The average molecular weight is 406 g/mol. The minimum absolute atomic E-state index is 0.0643. The Labute approximate surface area is 173 Å². The summed E-state index contributed by atoms with van der Waals surface area (Å²) in [6.07, 6.45) is 8.31. The number of nitrogens with zero attached hydrogens (tertiary/aromatic N) is 1. The largest absolute Gasteiger partial charge is 0.348 e. The van der Waals surface area contributed by atoms with E-state index in [4.69, 9.17) is 18.9 Å². The fourth-order valence-corrected chi connectivity index (χ4v) is 8.99. The summed E-state index contributed by atoms with van der Waals surface area (Å²) in [7, 11) is 0. The Morgan fingerprint density at radius 2 is 1.48 bits per heavy atom. The molecule has 2 saturated heterocycles. The molecule has 0 bridgehead atoms. The maximum absolute atomic E-state index is 12.1. The van der Waals surface area contributed by atoms with Crippen LogP contribution in [0.3, 0.4) is 0 Å². The van der Waals surface area contributed by atoms with Crippen LogP contribution in [0.25, 0.3) is 0 Å². The van der Waals surface area contributed by atoms with Gasteiger partial charge in [-0.15, -0.1) is 0 Å². The predicted molar refractivity (Wildman–Crippen MR) is 106 cm³/mol. The molecule has 4 aliphatic carbocycles. The van der Waals surface area contributed by atoms with E-state index in [1.165, 1.54) is 12.8 Å². The lowest BCUT2D eigenvalue weighted by Crippen LogP contribution is -2.61. The summed E-state index contributed by atoms with van der Waals surface area (Å²) in [4.78, 5) is 12.1. The highest BCUT2D eigenvalue weighted by Crippen LogP contribution is 2.70. The third-order valence-corrected chi connectivity index (χ3v) is 10.4. The zero-order valence-corrected chi connectivity index (χ0v) is 17.9. The average Bonchev–Trinajstić information content (AvgIpc) is 3.44. The van der Waals surface area contributed by atoms with Gasteiger partial charge >= 0.3 is 0 Å². The third-order valence-electron chi connectivity index (χ3n) is 10.4. The van der Waals surface area contributed by atoms with Gasteiger partial charge < -0.3 is 18.9 Å². The quantitative estimate of drug-likeness (QED) is 0.610. The van der Waals surface area contributed by atoms with Crippen LogP contribution in [0, 0.1) is 39.4 Å². The number of nitroso groups, excluding NO2 is 1. The van der Waals surface area contributed by atoms with Crippen LogP contribution in [-0.4, -0.2) is 44.0 Å². The van der Waals surface area contributed by atoms with Crippen molar-refractivity contribution in [2.75, 3.05) is 26.4 Å². The van der Waals surface area contributed by atoms with Gasteiger partial charge in [-0.1, -0.05) is 19.0 Å². The predicted octanol–water partition coefficient (Wildman–Crippen LogP) is 4.26. The summed E-state index contributed by atoms with van der Waals surface area (Å²) >= 11 is 0. The van der Waals surface area contributed by atoms with Crippen LogP contribution in [0.2, 0.25) is 0 Å². The molecule has 162 valence electrons. The highest BCUT2D eigenvalue weighted by Gasteiger charge is 2.69. The van der Waals surface area contributed by atoms with Crippen molar-refractivity contribution in [3.05, 3.63) is 4.91 Å². The Morgan fingerprint density at radius 1 is 0.793 bits per heavy atom. The van der Waals surface area contributed by atoms with Gasteiger partial charge in [-0.2, -0.15) is 4.91 Å². The molecule has 4 saturated carbocycles. The van der Waals surface area contributed by atoms with E-state index in [-0.39, 0.29) is 28.6 Å². The Bertz CT molecular complexity index is 687. The number of hydrogen-bond donors (Lipinski definition) is 0. The Hall–Kier alpha value is -0.560. The van der Waals surface area contributed by atoms with E-state index < -0.39 is 5.79 Å². The second-order valence-electron chi connectivity index (χ2n) is 11.2. The van der Waals surface area contributed by atoms with Crippen molar-refractivity contribution < 1.29 is 18.9 Å². The highest BCUT2D eigenvalue weighted by atomic mass is 16.7. The first-order valence-electron chi connectivity index (χ1n) is 11.8. The Balaban J connectivity index is 1.33. The van der Waals surface area contributed by atoms with E-state index in [2.05, 4.69) is 19.0 Å². The van der Waals surface area contributed by atoms with E-state index in [1.54, 1.807) is 0 Å². The van der Waals surface area contributed by atoms with Crippen molar-refractivity contribution in [2.24, 2.45) is 39.7 Å². The van der Waals surface area contributed by atoms with Gasteiger partial charge in [0.1, 0.15) is 0 Å². The lowest BCUT2D eigenvalue weighted by Gasteiger charge is -2.63. The van der Waals surface area contributed by atoms with Crippen LogP contribution < -0.4 is 0 Å². The van der Waals surface area contributed by atoms with Crippen molar-refractivity contribution in [1.29, 1.82) is 0 Å². The maximum atomic E-state index is 12.1. The van der Waals surface area contributed by atoms with Crippen LogP contribution in [0.1, 0.15) is 65.2 Å². The van der Waals surface area contributed by atoms with Crippen LogP contribution in [0.15, 0.2) is 5.18 Å². The molecule has 0 radical (unpaired) electrons. The number of fused-ring (bicyclic) bond motifs is 6. The van der Waals surface area contributed by atoms with Crippen molar-refractivity contribution in [2.45, 2.75) is 82.8 Å². The molecule has 0 N–H and O–H groups in total. The fourth-order valence-electron chi connectivity index (χ4n) is 8.99. The standard InChI is InChI=1S/C23H35NO5/c1-20-7-8-22(26-9-10-27-22)14-18(20)19(24-25)13-15-16(20)3-5-21(2)17(15)4-6-23(21)28-11-12-29-23/h15-19H,3-14H2,1-2H3/t15-,16+,17+,18?,19?,20-,21+/m1/s1. The van der Waals surface area contributed by atoms with Crippen molar-refractivity contribution in [3.63, 3.8) is 0 Å². The molecule has 0 amide bonds. The maximum Gasteiger partial charge on any atom is 0.174 e. The first-order chi connectivity index (χ1) is 14.0. The monoisotopic (exact) mass is 405 g/mol. The van der Waals surface area contributed by atoms with E-state index in [1.807, 2.05) is 0 Å². The van der Waals surface area contributed by atoms with Crippen LogP contribution in [0.4, 0.5) is 0 Å². The van der Waals surface area contributed by atoms with Crippen LogP contribution >= 0.6 is 0 Å². The molecule has 6 aliphatic rings. The SMILES string of the molecule is C[C@]12CCC3(CC1C(N=O)C[C@@H]1[C@@H]2CC[C@@]2(C)[C@H]1CCC21OCCO1)OCCO3. The lowest BCUT2D eigenvalue weighted by molar-refractivity contribution is -0.259. The molecule has 6 rings (SSSR count).